The first-order chi connectivity index (χ1) is 10.9. The minimum Gasteiger partial charge on any atom is -0.323 e. The average Bonchev–Trinajstić information content (AvgIpc) is 3.07. The molecular formula is C17H20N4O2. The fourth-order valence-electron chi connectivity index (χ4n) is 4.32. The van der Waals surface area contributed by atoms with Crippen molar-refractivity contribution in [3.63, 3.8) is 0 Å². The summed E-state index contributed by atoms with van der Waals surface area (Å²) >= 11 is 0. The standard InChI is InChI=1S/C17H20N4O2/c1-16(2)8-11(6-7-17(16)14(22)19-15(23)20-17)13-5-3-4-12-9-18-10-21(12)13/h3-5,9-11H,6-8H2,1-2H3,(H2,19,20,22,23). The molecule has 2 N–H and O–H groups in total. The van der Waals surface area contributed by atoms with Crippen LogP contribution >= 0.6 is 0 Å². The third-order valence-corrected chi connectivity index (χ3v) is 5.62. The molecule has 6 nitrogen and oxygen atoms in total. The summed E-state index contributed by atoms with van der Waals surface area (Å²) in [6.45, 7) is 4.14. The summed E-state index contributed by atoms with van der Waals surface area (Å²) in [6.07, 6.45) is 6.02. The number of carbonyl (C=O) groups excluding carboxylic acids is 2. The predicted octanol–water partition coefficient (Wildman–Crippen LogP) is 2.21. The Bertz CT molecular complexity index is 810. The van der Waals surface area contributed by atoms with E-state index in [1.807, 2.05) is 24.7 Å². The quantitative estimate of drug-likeness (QED) is 0.793. The summed E-state index contributed by atoms with van der Waals surface area (Å²) in [5.41, 5.74) is 1.18. The predicted molar refractivity (Wildman–Crippen MR) is 85.0 cm³/mol. The van der Waals surface area contributed by atoms with Crippen LogP contribution in [0.15, 0.2) is 30.7 Å². The minimum atomic E-state index is -0.788. The van der Waals surface area contributed by atoms with Gasteiger partial charge in [-0.05, 0) is 36.8 Å². The number of carbonyl (C=O) groups is 2. The zero-order valence-corrected chi connectivity index (χ0v) is 13.3. The largest absolute Gasteiger partial charge is 0.323 e. The van der Waals surface area contributed by atoms with Crippen molar-refractivity contribution in [3.05, 3.63) is 36.4 Å². The van der Waals surface area contributed by atoms with Gasteiger partial charge in [-0.25, -0.2) is 9.78 Å². The normalized spacial score (nSPS) is 29.7. The van der Waals surface area contributed by atoms with E-state index >= 15 is 0 Å². The molecule has 3 heterocycles. The summed E-state index contributed by atoms with van der Waals surface area (Å²) in [4.78, 5) is 28.3. The van der Waals surface area contributed by atoms with E-state index in [1.54, 1.807) is 0 Å². The van der Waals surface area contributed by atoms with Crippen molar-refractivity contribution in [3.8, 4) is 0 Å². The van der Waals surface area contributed by atoms with Crippen molar-refractivity contribution < 1.29 is 9.59 Å². The molecule has 3 amide bonds. The lowest BCUT2D eigenvalue weighted by Crippen LogP contribution is -2.60. The van der Waals surface area contributed by atoms with E-state index in [1.165, 1.54) is 5.69 Å². The summed E-state index contributed by atoms with van der Waals surface area (Å²) in [6, 6.07) is 5.84. The average molecular weight is 312 g/mol. The maximum atomic E-state index is 12.4. The lowest BCUT2D eigenvalue weighted by Gasteiger charge is -2.48. The molecule has 2 atom stereocenters. The maximum absolute atomic E-state index is 12.4. The first kappa shape index (κ1) is 14.2. The number of hydrogen-bond acceptors (Lipinski definition) is 3. The molecule has 4 rings (SSSR count). The first-order valence-electron chi connectivity index (χ1n) is 7.98. The smallest absolute Gasteiger partial charge is 0.322 e. The van der Waals surface area contributed by atoms with Gasteiger partial charge in [0.1, 0.15) is 5.54 Å². The first-order valence-corrected chi connectivity index (χ1v) is 7.98. The van der Waals surface area contributed by atoms with Crippen LogP contribution in [0.3, 0.4) is 0 Å². The number of nitrogens with zero attached hydrogens (tertiary/aromatic N) is 2. The van der Waals surface area contributed by atoms with Crippen molar-refractivity contribution in [1.82, 2.24) is 20.0 Å². The number of amides is 3. The van der Waals surface area contributed by atoms with Gasteiger partial charge in [0.2, 0.25) is 0 Å². The van der Waals surface area contributed by atoms with Crippen LogP contribution in [-0.2, 0) is 4.79 Å². The lowest BCUT2D eigenvalue weighted by atomic mass is 9.59. The number of nitrogens with one attached hydrogen (secondary N) is 2. The number of imidazole rings is 1. The van der Waals surface area contributed by atoms with Crippen LogP contribution in [0.25, 0.3) is 5.52 Å². The number of aromatic nitrogens is 2. The van der Waals surface area contributed by atoms with Gasteiger partial charge in [-0.15, -0.1) is 0 Å². The minimum absolute atomic E-state index is 0.188. The number of imide groups is 1. The van der Waals surface area contributed by atoms with Gasteiger partial charge in [-0.3, -0.25) is 10.1 Å². The van der Waals surface area contributed by atoms with Gasteiger partial charge in [0.25, 0.3) is 5.91 Å². The molecule has 1 spiro atoms. The second-order valence-electron chi connectivity index (χ2n) is 7.28. The summed E-state index contributed by atoms with van der Waals surface area (Å²) in [5.74, 6) is 0.144. The molecule has 2 aliphatic rings. The third kappa shape index (κ3) is 1.90. The van der Waals surface area contributed by atoms with E-state index in [-0.39, 0.29) is 17.4 Å². The highest BCUT2D eigenvalue weighted by Gasteiger charge is 2.58. The fraction of sp³-hybridized carbons (Fsp3) is 0.471. The summed E-state index contributed by atoms with van der Waals surface area (Å²) in [5, 5.41) is 5.30. The Kier molecular flexibility index (Phi) is 2.83. The molecule has 1 aliphatic carbocycles. The molecular weight excluding hydrogens is 292 g/mol. The summed E-state index contributed by atoms with van der Waals surface area (Å²) in [7, 11) is 0. The Balaban J connectivity index is 1.70. The Morgan fingerprint density at radius 2 is 2.13 bits per heavy atom. The molecule has 2 aromatic heterocycles. The molecule has 2 unspecified atom stereocenters. The number of fused-ring (bicyclic) bond motifs is 1. The van der Waals surface area contributed by atoms with E-state index < -0.39 is 5.54 Å². The van der Waals surface area contributed by atoms with E-state index in [4.69, 9.17) is 0 Å². The van der Waals surface area contributed by atoms with Crippen molar-refractivity contribution in [2.75, 3.05) is 0 Å². The fourth-order valence-corrected chi connectivity index (χ4v) is 4.32. The zero-order chi connectivity index (χ0) is 16.2. The van der Waals surface area contributed by atoms with E-state index in [2.05, 4.69) is 39.9 Å². The number of urea groups is 1. The van der Waals surface area contributed by atoms with Gasteiger partial charge in [0.15, 0.2) is 0 Å². The zero-order valence-electron chi connectivity index (χ0n) is 13.3. The molecule has 1 saturated carbocycles. The Morgan fingerprint density at radius 3 is 2.83 bits per heavy atom. The highest BCUT2D eigenvalue weighted by atomic mass is 16.2. The Hall–Kier alpha value is -2.37. The number of rotatable bonds is 1. The highest BCUT2D eigenvalue weighted by molar-refractivity contribution is 6.07. The van der Waals surface area contributed by atoms with E-state index in [0.717, 1.165) is 18.4 Å². The van der Waals surface area contributed by atoms with E-state index in [9.17, 15) is 9.59 Å². The number of pyridine rings is 1. The van der Waals surface area contributed by atoms with Gasteiger partial charge in [-0.2, -0.15) is 0 Å². The molecule has 1 aliphatic heterocycles. The molecule has 23 heavy (non-hydrogen) atoms. The lowest BCUT2D eigenvalue weighted by molar-refractivity contribution is -0.130. The summed E-state index contributed by atoms with van der Waals surface area (Å²) < 4.78 is 2.12. The Labute approximate surface area is 134 Å². The van der Waals surface area contributed by atoms with Crippen LogP contribution in [0.1, 0.15) is 44.7 Å². The molecule has 0 aromatic carbocycles. The SMILES string of the molecule is CC1(C)CC(c2cccc3cncn23)CCC12NC(=O)NC2=O. The Morgan fingerprint density at radius 1 is 1.30 bits per heavy atom. The van der Waals surface area contributed by atoms with Gasteiger partial charge >= 0.3 is 6.03 Å². The molecule has 2 fully saturated rings. The van der Waals surface area contributed by atoms with Crippen LogP contribution in [0.2, 0.25) is 0 Å². The van der Waals surface area contributed by atoms with Crippen LogP contribution in [0, 0.1) is 5.41 Å². The molecule has 1 saturated heterocycles. The van der Waals surface area contributed by atoms with Gasteiger partial charge in [0, 0.05) is 11.6 Å². The van der Waals surface area contributed by atoms with Crippen LogP contribution in [0.5, 0.6) is 0 Å². The second-order valence-corrected chi connectivity index (χ2v) is 7.28. The highest BCUT2D eigenvalue weighted by Crippen LogP contribution is 2.50. The molecule has 2 aromatic rings. The van der Waals surface area contributed by atoms with Crippen molar-refractivity contribution in [1.29, 1.82) is 0 Å². The van der Waals surface area contributed by atoms with Crippen LogP contribution < -0.4 is 10.6 Å². The topological polar surface area (TPSA) is 75.5 Å². The van der Waals surface area contributed by atoms with E-state index in [0.29, 0.717) is 12.3 Å². The maximum Gasteiger partial charge on any atom is 0.322 e. The van der Waals surface area contributed by atoms with Crippen LogP contribution in [0.4, 0.5) is 4.79 Å². The monoisotopic (exact) mass is 312 g/mol. The van der Waals surface area contributed by atoms with Crippen molar-refractivity contribution in [2.24, 2.45) is 5.41 Å². The second kappa shape index (κ2) is 4.57. The molecule has 120 valence electrons. The van der Waals surface area contributed by atoms with Gasteiger partial charge < -0.3 is 9.72 Å². The van der Waals surface area contributed by atoms with Gasteiger partial charge in [0.05, 0.1) is 18.0 Å². The molecule has 0 radical (unpaired) electrons. The van der Waals surface area contributed by atoms with Crippen LogP contribution in [-0.4, -0.2) is 26.9 Å². The molecule has 6 heteroatoms. The third-order valence-electron chi connectivity index (χ3n) is 5.62. The molecule has 0 bridgehead atoms. The number of hydrogen-bond donors (Lipinski definition) is 2. The van der Waals surface area contributed by atoms with Gasteiger partial charge in [-0.1, -0.05) is 19.9 Å². The van der Waals surface area contributed by atoms with Crippen molar-refractivity contribution >= 4 is 17.5 Å². The van der Waals surface area contributed by atoms with Crippen molar-refractivity contribution in [2.45, 2.75) is 44.6 Å².